The molecule has 0 fully saturated rings. The van der Waals surface area contributed by atoms with Crippen LogP contribution in [0.15, 0.2) is 0 Å². The fourth-order valence-corrected chi connectivity index (χ4v) is 1.75. The maximum absolute atomic E-state index is 2.27. The van der Waals surface area contributed by atoms with Gasteiger partial charge in [0.1, 0.15) is 0 Å². The van der Waals surface area contributed by atoms with Crippen LogP contribution in [0, 0.1) is 0 Å². The molecule has 70 valence electrons. The van der Waals surface area contributed by atoms with Crippen molar-refractivity contribution < 1.29 is 0 Å². The van der Waals surface area contributed by atoms with Crippen LogP contribution in [0.25, 0.3) is 0 Å². The van der Waals surface area contributed by atoms with Gasteiger partial charge in [-0.25, -0.2) is 0 Å². The smallest absolute Gasteiger partial charge is 0.147 e. The molecule has 0 saturated carbocycles. The molecule has 3 heteroatoms. The Hall–Kier alpha value is 1.38. The third kappa shape index (κ3) is 18.4. The van der Waals surface area contributed by atoms with Crippen molar-refractivity contribution in [1.29, 1.82) is 0 Å². The fraction of sp³-hybridized carbons (Fsp3) is 1.00. The maximum atomic E-state index is 2.27. The van der Waals surface area contributed by atoms with Crippen LogP contribution in [0.2, 0.25) is 4.44 Å². The molecule has 0 nitrogen and oxygen atoms in total. The largest absolute Gasteiger partial charge is 0.147 e. The molecular formula is C8H20Cl2Sn. The van der Waals surface area contributed by atoms with E-state index in [2.05, 4.69) is 6.92 Å². The zero-order valence-corrected chi connectivity index (χ0v) is 12.3. The molecule has 0 spiro atoms. The van der Waals surface area contributed by atoms with E-state index < -0.39 is 0 Å². The number of hydrogen-bond donors (Lipinski definition) is 0. The van der Waals surface area contributed by atoms with Gasteiger partial charge in [-0.3, -0.25) is 0 Å². The second-order valence-corrected chi connectivity index (χ2v) is 4.20. The van der Waals surface area contributed by atoms with Crippen molar-refractivity contribution in [3.05, 3.63) is 0 Å². The summed E-state index contributed by atoms with van der Waals surface area (Å²) in [7, 11) is 0. The van der Waals surface area contributed by atoms with Crippen LogP contribution in [-0.2, 0) is 0 Å². The zero-order valence-electron chi connectivity index (χ0n) is 7.34. The number of rotatable bonds is 6. The molecule has 0 rings (SSSR count). The summed E-state index contributed by atoms with van der Waals surface area (Å²) in [5, 5.41) is 0. The molecule has 0 N–H and O–H groups in total. The van der Waals surface area contributed by atoms with Crippen LogP contribution in [0.4, 0.5) is 0 Å². The van der Waals surface area contributed by atoms with E-state index in [0.717, 1.165) is 0 Å². The van der Waals surface area contributed by atoms with Gasteiger partial charge in [-0.2, -0.15) is 0 Å². The quantitative estimate of drug-likeness (QED) is 0.520. The summed E-state index contributed by atoms with van der Waals surface area (Å²) in [6.45, 7) is 2.27. The molecule has 0 aliphatic carbocycles. The molecule has 0 bridgehead atoms. The predicted molar refractivity (Wildman–Crippen MR) is 59.8 cm³/mol. The van der Waals surface area contributed by atoms with Gasteiger partial charge in [0.25, 0.3) is 0 Å². The molecule has 0 aromatic rings. The van der Waals surface area contributed by atoms with Gasteiger partial charge in [-0.05, 0) is 0 Å². The first-order chi connectivity index (χ1) is 4.41. The Kier molecular flexibility index (Phi) is 28.9. The average molecular weight is 306 g/mol. The van der Waals surface area contributed by atoms with Gasteiger partial charge in [-0.1, -0.05) is 0 Å². The summed E-state index contributed by atoms with van der Waals surface area (Å²) in [6.07, 6.45) is 8.75. The third-order valence-corrected chi connectivity index (χ3v) is 2.72. The van der Waals surface area contributed by atoms with Gasteiger partial charge in [0.05, 0.1) is 0 Å². The molecule has 0 saturated heterocycles. The first kappa shape index (κ1) is 18.2. The van der Waals surface area contributed by atoms with Crippen molar-refractivity contribution in [3.63, 3.8) is 0 Å². The van der Waals surface area contributed by atoms with E-state index in [1.807, 2.05) is 0 Å². The predicted octanol–water partition coefficient (Wildman–Crippen LogP) is 3.51. The molecule has 0 aromatic heterocycles. The van der Waals surface area contributed by atoms with Crippen molar-refractivity contribution in [2.45, 2.75) is 49.9 Å². The van der Waals surface area contributed by atoms with Crippen LogP contribution >= 0.6 is 24.8 Å². The minimum absolute atomic E-state index is 0. The number of hydrogen-bond acceptors (Lipinski definition) is 0. The van der Waals surface area contributed by atoms with Gasteiger partial charge in [0.15, 0.2) is 0 Å². The second-order valence-electron chi connectivity index (χ2n) is 2.56. The molecule has 2 radical (unpaired) electrons. The monoisotopic (exact) mass is 306 g/mol. The molecule has 0 amide bonds. The normalized spacial score (nSPS) is 8.18. The molecule has 11 heavy (non-hydrogen) atoms. The first-order valence-electron chi connectivity index (χ1n) is 4.12. The van der Waals surface area contributed by atoms with E-state index in [0.29, 0.717) is 0 Å². The molecule has 0 heterocycles. The Morgan fingerprint density at radius 3 is 1.73 bits per heavy atom. The van der Waals surface area contributed by atoms with Crippen LogP contribution in [0.1, 0.15) is 45.4 Å². The van der Waals surface area contributed by atoms with Crippen LogP contribution in [-0.4, -0.2) is 22.5 Å². The number of unbranched alkanes of at least 4 members (excludes halogenated alkanes) is 5. The second kappa shape index (κ2) is 17.5. The summed E-state index contributed by atoms with van der Waals surface area (Å²) < 4.78 is 1.50. The average Bonchev–Trinajstić information content (AvgIpc) is 1.89. The Morgan fingerprint density at radius 1 is 0.818 bits per heavy atom. The van der Waals surface area contributed by atoms with E-state index >= 15 is 0 Å². The maximum Gasteiger partial charge on any atom is -0.147 e. The van der Waals surface area contributed by atoms with E-state index in [-0.39, 0.29) is 24.8 Å². The Labute approximate surface area is 96.8 Å². The Bertz CT molecular complexity index is 45.4. The zero-order chi connectivity index (χ0) is 6.95. The molecule has 0 atom stereocenters. The van der Waals surface area contributed by atoms with Crippen molar-refractivity contribution in [3.8, 4) is 0 Å². The van der Waals surface area contributed by atoms with E-state index in [1.54, 1.807) is 0 Å². The molecular weight excluding hydrogens is 286 g/mol. The van der Waals surface area contributed by atoms with Crippen LogP contribution in [0.3, 0.4) is 0 Å². The van der Waals surface area contributed by atoms with Crippen LogP contribution in [0.5, 0.6) is 0 Å². The van der Waals surface area contributed by atoms with Crippen molar-refractivity contribution in [1.82, 2.24) is 0 Å². The summed E-state index contributed by atoms with van der Waals surface area (Å²) in [5.74, 6) is 0. The van der Waals surface area contributed by atoms with Gasteiger partial charge in [0.2, 0.25) is 0 Å². The van der Waals surface area contributed by atoms with Gasteiger partial charge in [-0.15, -0.1) is 24.8 Å². The molecule has 0 aliphatic rings. The minimum atomic E-state index is 0. The first-order valence-corrected chi connectivity index (χ1v) is 6.45. The third-order valence-electron chi connectivity index (χ3n) is 1.56. The minimum Gasteiger partial charge on any atom is -0.147 e. The number of halogens is 2. The fourth-order valence-electron chi connectivity index (χ4n) is 0.925. The topological polar surface area (TPSA) is 0 Å². The Morgan fingerprint density at radius 2 is 1.27 bits per heavy atom. The molecule has 0 aliphatic heterocycles. The van der Waals surface area contributed by atoms with E-state index in [1.165, 1.54) is 65.5 Å². The van der Waals surface area contributed by atoms with E-state index in [9.17, 15) is 0 Å². The summed E-state index contributed by atoms with van der Waals surface area (Å²) in [5.41, 5.74) is 0. The summed E-state index contributed by atoms with van der Waals surface area (Å²) in [4.78, 5) is 0. The summed E-state index contributed by atoms with van der Waals surface area (Å²) in [6, 6.07) is 0. The van der Waals surface area contributed by atoms with Crippen molar-refractivity contribution in [2.75, 3.05) is 0 Å². The van der Waals surface area contributed by atoms with Crippen molar-refractivity contribution >= 4 is 47.3 Å². The van der Waals surface area contributed by atoms with Gasteiger partial charge >= 0.3 is 72.4 Å². The molecule has 0 unspecified atom stereocenters. The molecule has 0 aromatic carbocycles. The Balaban J connectivity index is -0.000000320. The SMILES string of the molecule is CCCCCCC[CH2][SnH].Cl.Cl. The summed E-state index contributed by atoms with van der Waals surface area (Å²) >= 11 is 1.46. The van der Waals surface area contributed by atoms with Gasteiger partial charge < -0.3 is 0 Å². The standard InChI is InChI=1S/C8H17.2ClH.Sn.H/c1-3-5-7-8-6-4-2;;;;/h1,3-8H2,2H3;2*1H;;. The van der Waals surface area contributed by atoms with Crippen molar-refractivity contribution in [2.24, 2.45) is 0 Å². The van der Waals surface area contributed by atoms with Gasteiger partial charge in [0, 0.05) is 0 Å². The van der Waals surface area contributed by atoms with E-state index in [4.69, 9.17) is 0 Å². The van der Waals surface area contributed by atoms with Crippen LogP contribution < -0.4 is 0 Å².